The van der Waals surface area contributed by atoms with Gasteiger partial charge in [-0.25, -0.2) is 0 Å². The first-order valence-electron chi connectivity index (χ1n) is 4.59. The smallest absolute Gasteiger partial charge is 0.111 e. The Balaban J connectivity index is 2.70. The molecular weight excluding hydrogens is 196 g/mol. The predicted octanol–water partition coefficient (Wildman–Crippen LogP) is 2.41. The average molecular weight is 209 g/mol. The minimum absolute atomic E-state index is 0.118. The Morgan fingerprint density at radius 2 is 2.43 bits per heavy atom. The first-order chi connectivity index (χ1) is 6.77. The molecule has 0 aliphatic carbocycles. The zero-order chi connectivity index (χ0) is 10.4. The summed E-state index contributed by atoms with van der Waals surface area (Å²) in [6, 6.07) is 3.52. The number of nitrogens with zero attached hydrogens (tertiary/aromatic N) is 1. The van der Waals surface area contributed by atoms with E-state index in [0.29, 0.717) is 5.02 Å². The lowest BCUT2D eigenvalue weighted by molar-refractivity contribution is 0.614. The van der Waals surface area contributed by atoms with Gasteiger partial charge in [-0.2, -0.15) is 0 Å². The van der Waals surface area contributed by atoms with E-state index < -0.39 is 0 Å². The fraction of sp³-hybridized carbons (Fsp3) is 0.364. The lowest BCUT2D eigenvalue weighted by Gasteiger charge is -2.11. The average Bonchev–Trinajstić information content (AvgIpc) is 2.21. The molecule has 0 aliphatic rings. The summed E-state index contributed by atoms with van der Waals surface area (Å²) in [6.45, 7) is 2.98. The Bertz CT molecular complexity index is 313. The van der Waals surface area contributed by atoms with Crippen LogP contribution < -0.4 is 5.32 Å². The van der Waals surface area contributed by atoms with Gasteiger partial charge in [0.15, 0.2) is 0 Å². The predicted molar refractivity (Wildman–Crippen MR) is 59.1 cm³/mol. The van der Waals surface area contributed by atoms with E-state index in [4.69, 9.17) is 18.0 Å². The van der Waals surface area contributed by atoms with Gasteiger partial charge in [-0.15, -0.1) is 6.42 Å². The van der Waals surface area contributed by atoms with Crippen molar-refractivity contribution in [2.75, 3.05) is 6.54 Å². The molecule has 14 heavy (non-hydrogen) atoms. The number of rotatable bonds is 4. The van der Waals surface area contributed by atoms with Gasteiger partial charge in [-0.1, -0.05) is 24.4 Å². The zero-order valence-electron chi connectivity index (χ0n) is 8.13. The van der Waals surface area contributed by atoms with E-state index in [9.17, 15) is 0 Å². The second-order valence-corrected chi connectivity index (χ2v) is 3.39. The van der Waals surface area contributed by atoms with Gasteiger partial charge < -0.3 is 0 Å². The van der Waals surface area contributed by atoms with Crippen molar-refractivity contribution in [3.05, 3.63) is 29.0 Å². The van der Waals surface area contributed by atoms with Crippen molar-refractivity contribution < 1.29 is 0 Å². The van der Waals surface area contributed by atoms with Crippen LogP contribution in [0.25, 0.3) is 0 Å². The number of terminal acetylenes is 1. The van der Waals surface area contributed by atoms with Crippen LogP contribution >= 0.6 is 11.6 Å². The first kappa shape index (κ1) is 11.0. The minimum atomic E-state index is -0.118. The van der Waals surface area contributed by atoms with Gasteiger partial charge in [0.1, 0.15) is 6.04 Å². The monoisotopic (exact) mass is 208 g/mol. The van der Waals surface area contributed by atoms with Crippen LogP contribution in [0.3, 0.4) is 0 Å². The molecule has 74 valence electrons. The third kappa shape index (κ3) is 3.02. The summed E-state index contributed by atoms with van der Waals surface area (Å²) in [5, 5.41) is 3.84. The van der Waals surface area contributed by atoms with E-state index in [1.165, 1.54) is 0 Å². The maximum absolute atomic E-state index is 5.73. The highest BCUT2D eigenvalue weighted by molar-refractivity contribution is 6.30. The fourth-order valence-electron chi connectivity index (χ4n) is 1.10. The van der Waals surface area contributed by atoms with Crippen molar-refractivity contribution in [3.8, 4) is 12.3 Å². The molecule has 0 radical (unpaired) electrons. The third-order valence-corrected chi connectivity index (χ3v) is 2.03. The van der Waals surface area contributed by atoms with Crippen molar-refractivity contribution in [3.63, 3.8) is 0 Å². The van der Waals surface area contributed by atoms with Gasteiger partial charge in [-0.05, 0) is 25.1 Å². The zero-order valence-corrected chi connectivity index (χ0v) is 8.88. The highest BCUT2D eigenvalue weighted by Gasteiger charge is 2.07. The second-order valence-electron chi connectivity index (χ2n) is 2.96. The van der Waals surface area contributed by atoms with Gasteiger partial charge in [0.2, 0.25) is 0 Å². The maximum atomic E-state index is 5.73. The topological polar surface area (TPSA) is 24.9 Å². The van der Waals surface area contributed by atoms with Crippen LogP contribution in [0.5, 0.6) is 0 Å². The Hall–Kier alpha value is -1.04. The fourth-order valence-corrected chi connectivity index (χ4v) is 1.21. The molecule has 1 rings (SSSR count). The summed E-state index contributed by atoms with van der Waals surface area (Å²) in [5.41, 5.74) is 0.838. The highest BCUT2D eigenvalue weighted by atomic mass is 35.5. The van der Waals surface area contributed by atoms with Crippen LogP contribution in [-0.2, 0) is 0 Å². The van der Waals surface area contributed by atoms with Crippen molar-refractivity contribution in [2.45, 2.75) is 19.4 Å². The van der Waals surface area contributed by atoms with E-state index in [2.05, 4.69) is 23.1 Å². The molecule has 0 saturated carbocycles. The number of halogens is 1. The van der Waals surface area contributed by atoms with Gasteiger partial charge in [0.05, 0.1) is 10.7 Å². The maximum Gasteiger partial charge on any atom is 0.111 e. The Labute approximate surface area is 89.7 Å². The Morgan fingerprint density at radius 3 is 2.93 bits per heavy atom. The quantitative estimate of drug-likeness (QED) is 0.769. The lowest BCUT2D eigenvalue weighted by atomic mass is 10.2. The third-order valence-electron chi connectivity index (χ3n) is 1.81. The van der Waals surface area contributed by atoms with Crippen molar-refractivity contribution in [1.29, 1.82) is 0 Å². The van der Waals surface area contributed by atoms with Crippen LogP contribution in [0, 0.1) is 12.3 Å². The molecule has 1 aromatic rings. The van der Waals surface area contributed by atoms with E-state index in [-0.39, 0.29) is 6.04 Å². The van der Waals surface area contributed by atoms with E-state index in [1.807, 2.05) is 6.07 Å². The minimum Gasteiger partial charge on any atom is -0.299 e. The van der Waals surface area contributed by atoms with Crippen LogP contribution in [0.2, 0.25) is 5.02 Å². The Morgan fingerprint density at radius 1 is 1.64 bits per heavy atom. The second kappa shape index (κ2) is 5.64. The summed E-state index contributed by atoms with van der Waals surface area (Å²) < 4.78 is 0. The van der Waals surface area contributed by atoms with Gasteiger partial charge in [0.25, 0.3) is 0 Å². The summed E-state index contributed by atoms with van der Waals surface area (Å²) in [6.07, 6.45) is 8.05. The molecule has 0 saturated heterocycles. The molecular formula is C11H13ClN2. The Kier molecular flexibility index (Phi) is 4.45. The van der Waals surface area contributed by atoms with Crippen molar-refractivity contribution in [2.24, 2.45) is 0 Å². The molecule has 1 heterocycles. The van der Waals surface area contributed by atoms with E-state index >= 15 is 0 Å². The molecule has 1 aromatic heterocycles. The van der Waals surface area contributed by atoms with Gasteiger partial charge in [0, 0.05) is 6.20 Å². The molecule has 3 heteroatoms. The number of hydrogen-bond acceptors (Lipinski definition) is 2. The first-order valence-corrected chi connectivity index (χ1v) is 4.96. The van der Waals surface area contributed by atoms with E-state index in [1.54, 1.807) is 12.3 Å². The summed E-state index contributed by atoms with van der Waals surface area (Å²) in [7, 11) is 0. The number of hydrogen-bond donors (Lipinski definition) is 1. The summed E-state index contributed by atoms with van der Waals surface area (Å²) in [5.74, 6) is 2.66. The van der Waals surface area contributed by atoms with Crippen molar-refractivity contribution >= 4 is 11.6 Å². The molecule has 0 bridgehead atoms. The standard InChI is InChI=1S/C11H13ClN2/c1-3-7-13-10(4-2)11-6-5-9(12)8-14-11/h2,5-6,8,10,13H,3,7H2,1H3. The molecule has 1 atom stereocenters. The van der Waals surface area contributed by atoms with Gasteiger partial charge >= 0.3 is 0 Å². The highest BCUT2D eigenvalue weighted by Crippen LogP contribution is 2.12. The number of aromatic nitrogens is 1. The van der Waals surface area contributed by atoms with Crippen LogP contribution in [0.1, 0.15) is 25.1 Å². The van der Waals surface area contributed by atoms with Gasteiger partial charge in [-0.3, -0.25) is 10.3 Å². The normalized spacial score (nSPS) is 12.1. The van der Waals surface area contributed by atoms with Crippen LogP contribution in [0.4, 0.5) is 0 Å². The lowest BCUT2D eigenvalue weighted by Crippen LogP contribution is -2.21. The molecule has 0 aromatic carbocycles. The molecule has 0 fully saturated rings. The van der Waals surface area contributed by atoms with Crippen LogP contribution in [0.15, 0.2) is 18.3 Å². The SMILES string of the molecule is C#CC(NCCC)c1ccc(Cl)cn1. The molecule has 0 amide bonds. The molecule has 1 unspecified atom stereocenters. The van der Waals surface area contributed by atoms with Crippen LogP contribution in [-0.4, -0.2) is 11.5 Å². The number of nitrogens with one attached hydrogen (secondary N) is 1. The van der Waals surface area contributed by atoms with E-state index in [0.717, 1.165) is 18.7 Å². The number of pyridine rings is 1. The summed E-state index contributed by atoms with van der Waals surface area (Å²) >= 11 is 5.73. The molecule has 0 spiro atoms. The summed E-state index contributed by atoms with van der Waals surface area (Å²) in [4.78, 5) is 4.17. The molecule has 1 N–H and O–H groups in total. The largest absolute Gasteiger partial charge is 0.299 e. The molecule has 0 aliphatic heterocycles. The van der Waals surface area contributed by atoms with Crippen molar-refractivity contribution in [1.82, 2.24) is 10.3 Å². The molecule has 2 nitrogen and oxygen atoms in total.